The average molecular weight is 295 g/mol. The number of hydrogen-bond donors (Lipinski definition) is 0. The third kappa shape index (κ3) is 4.48. The Balaban J connectivity index is 2.06. The van der Waals surface area contributed by atoms with Crippen LogP contribution in [-0.2, 0) is 4.79 Å². The van der Waals surface area contributed by atoms with Gasteiger partial charge in [0.25, 0.3) is 5.91 Å². The molecule has 0 aliphatic rings. The number of benzene rings is 2. The van der Waals surface area contributed by atoms with Crippen molar-refractivity contribution >= 4 is 17.7 Å². The Bertz CT molecular complexity index is 647. The molecule has 114 valence electrons. The van der Waals surface area contributed by atoms with Gasteiger partial charge in [-0.1, -0.05) is 30.3 Å². The fourth-order valence-electron chi connectivity index (χ4n) is 2.02. The van der Waals surface area contributed by atoms with E-state index >= 15 is 0 Å². The molecule has 0 unspecified atom stereocenters. The minimum atomic E-state index is -0.0682. The highest BCUT2D eigenvalue weighted by Gasteiger charge is 2.06. The van der Waals surface area contributed by atoms with E-state index in [1.807, 2.05) is 68.4 Å². The molecule has 1 amide bonds. The predicted molar refractivity (Wildman–Crippen MR) is 91.1 cm³/mol. The summed E-state index contributed by atoms with van der Waals surface area (Å²) in [4.78, 5) is 13.8. The van der Waals surface area contributed by atoms with Gasteiger partial charge in [0, 0.05) is 18.8 Å². The van der Waals surface area contributed by atoms with E-state index in [1.165, 1.54) is 0 Å². The molecule has 0 atom stereocenters. The molecule has 0 aliphatic heterocycles. The quantitative estimate of drug-likeness (QED) is 0.776. The Morgan fingerprint density at radius 3 is 2.50 bits per heavy atom. The first-order chi connectivity index (χ1) is 10.6. The zero-order valence-electron chi connectivity index (χ0n) is 13.2. The molecule has 3 heteroatoms. The summed E-state index contributed by atoms with van der Waals surface area (Å²) in [7, 11) is 1.76. The Morgan fingerprint density at radius 2 is 1.82 bits per heavy atom. The lowest BCUT2D eigenvalue weighted by Gasteiger charge is -2.14. The van der Waals surface area contributed by atoms with Crippen LogP contribution in [0.25, 0.3) is 6.08 Å². The lowest BCUT2D eigenvalue weighted by molar-refractivity contribution is -0.113. The number of likely N-dealkylation sites (N-methyl/N-ethyl adjacent to an activating group) is 1. The number of rotatable bonds is 5. The lowest BCUT2D eigenvalue weighted by atomic mass is 10.2. The molecule has 0 saturated heterocycles. The van der Waals surface area contributed by atoms with Gasteiger partial charge in [0.15, 0.2) is 0 Å². The average Bonchev–Trinajstić information content (AvgIpc) is 2.52. The van der Waals surface area contributed by atoms with E-state index in [2.05, 4.69) is 0 Å². The van der Waals surface area contributed by atoms with Crippen molar-refractivity contribution in [3.63, 3.8) is 0 Å². The molecule has 0 N–H and O–H groups in total. The van der Waals surface area contributed by atoms with Gasteiger partial charge in [0.1, 0.15) is 5.75 Å². The summed E-state index contributed by atoms with van der Waals surface area (Å²) >= 11 is 0. The molecule has 0 aromatic heterocycles. The van der Waals surface area contributed by atoms with Crippen molar-refractivity contribution in [1.29, 1.82) is 0 Å². The highest BCUT2D eigenvalue weighted by Crippen LogP contribution is 2.16. The minimum Gasteiger partial charge on any atom is -0.491 e. The maximum atomic E-state index is 12.2. The van der Waals surface area contributed by atoms with E-state index in [-0.39, 0.29) is 12.0 Å². The maximum Gasteiger partial charge on any atom is 0.250 e. The van der Waals surface area contributed by atoms with Crippen LogP contribution in [0.5, 0.6) is 5.75 Å². The molecule has 0 bridgehead atoms. The fourth-order valence-corrected chi connectivity index (χ4v) is 2.02. The first kappa shape index (κ1) is 15.8. The predicted octanol–water partition coefficient (Wildman–Crippen LogP) is 4.15. The molecule has 0 spiro atoms. The second-order valence-corrected chi connectivity index (χ2v) is 5.31. The van der Waals surface area contributed by atoms with Crippen LogP contribution in [0.15, 0.2) is 60.7 Å². The van der Waals surface area contributed by atoms with Crippen LogP contribution in [0.3, 0.4) is 0 Å². The summed E-state index contributed by atoms with van der Waals surface area (Å²) in [6.07, 6.45) is 3.50. The Kier molecular flexibility index (Phi) is 5.37. The van der Waals surface area contributed by atoms with E-state index < -0.39 is 0 Å². The van der Waals surface area contributed by atoms with E-state index in [1.54, 1.807) is 24.1 Å². The van der Waals surface area contributed by atoms with E-state index in [4.69, 9.17) is 4.74 Å². The van der Waals surface area contributed by atoms with Crippen LogP contribution < -0.4 is 9.64 Å². The van der Waals surface area contributed by atoms with E-state index in [0.717, 1.165) is 17.0 Å². The van der Waals surface area contributed by atoms with Gasteiger partial charge in [-0.15, -0.1) is 0 Å². The molecule has 0 saturated carbocycles. The monoisotopic (exact) mass is 295 g/mol. The van der Waals surface area contributed by atoms with Gasteiger partial charge in [0.2, 0.25) is 0 Å². The van der Waals surface area contributed by atoms with Gasteiger partial charge in [-0.25, -0.2) is 0 Å². The molecule has 3 nitrogen and oxygen atoms in total. The molecular weight excluding hydrogens is 274 g/mol. The molecule has 2 aromatic carbocycles. The summed E-state index contributed by atoms with van der Waals surface area (Å²) < 4.78 is 5.65. The molecule has 0 radical (unpaired) electrons. The number of carbonyl (C=O) groups excluding carboxylic acids is 1. The van der Waals surface area contributed by atoms with Gasteiger partial charge >= 0.3 is 0 Å². The topological polar surface area (TPSA) is 29.5 Å². The third-order valence-electron chi connectivity index (χ3n) is 3.12. The second kappa shape index (κ2) is 7.46. The number of para-hydroxylation sites is 1. The van der Waals surface area contributed by atoms with Crippen LogP contribution in [-0.4, -0.2) is 19.1 Å². The second-order valence-electron chi connectivity index (χ2n) is 5.31. The molecule has 2 rings (SSSR count). The van der Waals surface area contributed by atoms with Gasteiger partial charge in [0.05, 0.1) is 6.10 Å². The van der Waals surface area contributed by atoms with Crippen LogP contribution in [0.1, 0.15) is 19.4 Å². The normalized spacial score (nSPS) is 10.9. The molecule has 0 aliphatic carbocycles. The number of ether oxygens (including phenoxy) is 1. The van der Waals surface area contributed by atoms with Gasteiger partial charge in [-0.2, -0.15) is 0 Å². The fraction of sp³-hybridized carbons (Fsp3) is 0.211. The largest absolute Gasteiger partial charge is 0.491 e. The zero-order valence-corrected chi connectivity index (χ0v) is 13.2. The van der Waals surface area contributed by atoms with Crippen molar-refractivity contribution in [2.45, 2.75) is 20.0 Å². The van der Waals surface area contributed by atoms with Crippen LogP contribution in [0, 0.1) is 0 Å². The number of carbonyl (C=O) groups is 1. The highest BCUT2D eigenvalue weighted by atomic mass is 16.5. The number of hydrogen-bond acceptors (Lipinski definition) is 2. The summed E-state index contributed by atoms with van der Waals surface area (Å²) in [5, 5.41) is 0. The van der Waals surface area contributed by atoms with Crippen LogP contribution >= 0.6 is 0 Å². The Hall–Kier alpha value is -2.55. The van der Waals surface area contributed by atoms with Crippen molar-refractivity contribution < 1.29 is 9.53 Å². The van der Waals surface area contributed by atoms with Gasteiger partial charge in [-0.3, -0.25) is 4.79 Å². The summed E-state index contributed by atoms with van der Waals surface area (Å²) in [5.41, 5.74) is 1.81. The van der Waals surface area contributed by atoms with Crippen LogP contribution in [0.2, 0.25) is 0 Å². The highest BCUT2D eigenvalue weighted by molar-refractivity contribution is 6.03. The summed E-state index contributed by atoms with van der Waals surface area (Å²) in [6.45, 7) is 3.97. The van der Waals surface area contributed by atoms with E-state index in [9.17, 15) is 4.79 Å². The van der Waals surface area contributed by atoms with Crippen LogP contribution in [0.4, 0.5) is 5.69 Å². The van der Waals surface area contributed by atoms with Crippen molar-refractivity contribution in [3.05, 3.63) is 66.2 Å². The molecular formula is C19H21NO2. The molecule has 0 heterocycles. The van der Waals surface area contributed by atoms with Crippen molar-refractivity contribution in [3.8, 4) is 5.75 Å². The summed E-state index contributed by atoms with van der Waals surface area (Å²) in [5.74, 6) is 0.738. The first-order valence-electron chi connectivity index (χ1n) is 7.34. The minimum absolute atomic E-state index is 0.0682. The molecule has 22 heavy (non-hydrogen) atoms. The number of anilines is 1. The SMILES string of the molecule is CC(C)Oc1cccc(/C=C/C(=O)N(C)c2ccccc2)c1. The first-order valence-corrected chi connectivity index (χ1v) is 7.34. The molecule has 0 fully saturated rings. The molecule has 2 aromatic rings. The maximum absolute atomic E-state index is 12.2. The number of nitrogens with zero attached hydrogens (tertiary/aromatic N) is 1. The third-order valence-corrected chi connectivity index (χ3v) is 3.12. The Labute approximate surface area is 131 Å². The van der Waals surface area contributed by atoms with Gasteiger partial charge in [-0.05, 0) is 49.8 Å². The van der Waals surface area contributed by atoms with Crippen molar-refractivity contribution in [2.75, 3.05) is 11.9 Å². The van der Waals surface area contributed by atoms with Crippen molar-refractivity contribution in [2.24, 2.45) is 0 Å². The standard InChI is InChI=1S/C19H21NO2/c1-15(2)22-18-11-7-8-16(14-18)12-13-19(21)20(3)17-9-5-4-6-10-17/h4-15H,1-3H3/b13-12+. The summed E-state index contributed by atoms with van der Waals surface area (Å²) in [6, 6.07) is 17.3. The Morgan fingerprint density at radius 1 is 1.09 bits per heavy atom. The van der Waals surface area contributed by atoms with E-state index in [0.29, 0.717) is 0 Å². The number of amides is 1. The lowest BCUT2D eigenvalue weighted by Crippen LogP contribution is -2.23. The van der Waals surface area contributed by atoms with Gasteiger partial charge < -0.3 is 9.64 Å². The van der Waals surface area contributed by atoms with Crippen molar-refractivity contribution in [1.82, 2.24) is 0 Å². The zero-order chi connectivity index (χ0) is 15.9. The smallest absolute Gasteiger partial charge is 0.250 e.